The third-order valence-electron chi connectivity index (χ3n) is 3.38. The van der Waals surface area contributed by atoms with E-state index in [0.717, 1.165) is 22.2 Å². The predicted molar refractivity (Wildman–Crippen MR) is 78.5 cm³/mol. The smallest absolute Gasteiger partial charge is 0.177 e. The van der Waals surface area contributed by atoms with Gasteiger partial charge in [-0.15, -0.1) is 11.3 Å². The van der Waals surface area contributed by atoms with Crippen molar-refractivity contribution in [1.29, 1.82) is 0 Å². The number of Topliss-reactive ketones (excluding diaryl/α,β-unsaturated/α-hetero) is 1. The molecule has 1 nitrogen and oxygen atoms in total. The van der Waals surface area contributed by atoms with E-state index in [0.29, 0.717) is 5.56 Å². The number of halogens is 2. The number of benzene rings is 1. The Kier molecular flexibility index (Phi) is 3.54. The Balaban J connectivity index is 1.82. The van der Waals surface area contributed by atoms with E-state index in [1.165, 1.54) is 29.0 Å². The lowest BCUT2D eigenvalue weighted by atomic mass is 10.1. The lowest BCUT2D eigenvalue weighted by Crippen LogP contribution is -2.02. The number of ketones is 1. The largest absolute Gasteiger partial charge is 0.293 e. The Hall–Kier alpha value is -1.00. The first-order chi connectivity index (χ1) is 9.13. The Bertz CT molecular complexity index is 626. The number of carbonyl (C=O) groups excluding carboxylic acids is 1. The van der Waals surface area contributed by atoms with E-state index in [4.69, 9.17) is 0 Å². The van der Waals surface area contributed by atoms with E-state index in [9.17, 15) is 9.18 Å². The van der Waals surface area contributed by atoms with Gasteiger partial charge in [0.25, 0.3) is 0 Å². The predicted octanol–water partition coefficient (Wildman–Crippen LogP) is 4.56. The average Bonchev–Trinajstić information content (AvgIpc) is 2.94. The number of carbonyl (C=O) groups is 1. The summed E-state index contributed by atoms with van der Waals surface area (Å²) in [4.78, 5) is 14.4. The molecule has 1 heterocycles. The van der Waals surface area contributed by atoms with Crippen molar-refractivity contribution in [2.24, 2.45) is 0 Å². The molecule has 98 valence electrons. The number of hydrogen-bond acceptors (Lipinski definition) is 2. The van der Waals surface area contributed by atoms with Gasteiger partial charge in [0, 0.05) is 15.8 Å². The van der Waals surface area contributed by atoms with Crippen molar-refractivity contribution in [1.82, 2.24) is 0 Å². The summed E-state index contributed by atoms with van der Waals surface area (Å²) < 4.78 is 14.0. The van der Waals surface area contributed by atoms with E-state index >= 15 is 0 Å². The van der Waals surface area contributed by atoms with Gasteiger partial charge in [-0.25, -0.2) is 4.39 Å². The van der Waals surface area contributed by atoms with Gasteiger partial charge in [-0.1, -0.05) is 15.9 Å². The molecule has 0 aliphatic heterocycles. The second kappa shape index (κ2) is 5.17. The summed E-state index contributed by atoms with van der Waals surface area (Å²) in [5, 5.41) is 0. The maximum Gasteiger partial charge on any atom is 0.177 e. The van der Waals surface area contributed by atoms with Crippen molar-refractivity contribution in [2.75, 3.05) is 0 Å². The highest BCUT2D eigenvalue weighted by Crippen LogP contribution is 2.31. The molecule has 1 aliphatic rings. The second-order valence-corrected chi connectivity index (χ2v) is 6.74. The molecule has 0 fully saturated rings. The summed E-state index contributed by atoms with van der Waals surface area (Å²) in [6, 6.07) is 6.47. The Morgan fingerprint density at radius 1 is 1.32 bits per heavy atom. The van der Waals surface area contributed by atoms with Crippen LogP contribution in [0.4, 0.5) is 4.39 Å². The van der Waals surface area contributed by atoms with Crippen LogP contribution in [0, 0.1) is 5.82 Å². The van der Waals surface area contributed by atoms with Crippen molar-refractivity contribution in [3.8, 4) is 0 Å². The van der Waals surface area contributed by atoms with Crippen molar-refractivity contribution in [3.63, 3.8) is 0 Å². The Labute approximate surface area is 123 Å². The molecular weight excluding hydrogens is 327 g/mol. The van der Waals surface area contributed by atoms with E-state index in [1.54, 1.807) is 17.4 Å². The van der Waals surface area contributed by atoms with Gasteiger partial charge in [-0.3, -0.25) is 4.79 Å². The SMILES string of the molecule is O=C(Cc1cc(F)ccc1Br)c1cc2c(s1)CCC2. The van der Waals surface area contributed by atoms with Crippen LogP contribution in [0.2, 0.25) is 0 Å². The lowest BCUT2D eigenvalue weighted by molar-refractivity contribution is 0.0996. The monoisotopic (exact) mass is 338 g/mol. The van der Waals surface area contributed by atoms with Crippen molar-refractivity contribution in [2.45, 2.75) is 25.7 Å². The molecule has 0 atom stereocenters. The van der Waals surface area contributed by atoms with Gasteiger partial charge >= 0.3 is 0 Å². The summed E-state index contributed by atoms with van der Waals surface area (Å²) in [7, 11) is 0. The first-order valence-electron chi connectivity index (χ1n) is 6.22. The topological polar surface area (TPSA) is 17.1 Å². The van der Waals surface area contributed by atoms with Crippen molar-refractivity contribution < 1.29 is 9.18 Å². The summed E-state index contributed by atoms with van der Waals surface area (Å²) in [6.45, 7) is 0. The van der Waals surface area contributed by atoms with Gasteiger partial charge in [0.15, 0.2) is 5.78 Å². The molecule has 0 N–H and O–H groups in total. The average molecular weight is 339 g/mol. The van der Waals surface area contributed by atoms with Crippen LogP contribution in [0.25, 0.3) is 0 Å². The minimum Gasteiger partial charge on any atom is -0.293 e. The van der Waals surface area contributed by atoms with Crippen LogP contribution in [0.5, 0.6) is 0 Å². The van der Waals surface area contributed by atoms with Gasteiger partial charge in [0.1, 0.15) is 5.82 Å². The summed E-state index contributed by atoms with van der Waals surface area (Å²) in [6.07, 6.45) is 3.63. The fourth-order valence-corrected chi connectivity index (χ4v) is 3.98. The zero-order valence-corrected chi connectivity index (χ0v) is 12.6. The third kappa shape index (κ3) is 2.65. The number of rotatable bonds is 3. The second-order valence-electron chi connectivity index (χ2n) is 4.75. The molecule has 1 aliphatic carbocycles. The molecule has 0 unspecified atom stereocenters. The lowest BCUT2D eigenvalue weighted by Gasteiger charge is -2.03. The zero-order chi connectivity index (χ0) is 13.4. The number of thiophene rings is 1. The highest BCUT2D eigenvalue weighted by Gasteiger charge is 2.19. The standard InChI is InChI=1S/C15H12BrFOS/c16-12-5-4-11(17)6-10(12)7-13(18)15-8-9-2-1-3-14(9)19-15/h4-6,8H,1-3,7H2. The van der Waals surface area contributed by atoms with Gasteiger partial charge in [-0.05, 0) is 54.7 Å². The highest BCUT2D eigenvalue weighted by molar-refractivity contribution is 9.10. The normalized spacial score (nSPS) is 13.6. The first kappa shape index (κ1) is 13.0. The van der Waals surface area contributed by atoms with E-state index in [1.807, 2.05) is 6.07 Å². The van der Waals surface area contributed by atoms with Crippen LogP contribution < -0.4 is 0 Å². The Morgan fingerprint density at radius 2 is 2.16 bits per heavy atom. The molecule has 0 saturated heterocycles. The van der Waals surface area contributed by atoms with Crippen LogP contribution in [-0.4, -0.2) is 5.78 Å². The maximum atomic E-state index is 13.2. The molecule has 0 spiro atoms. The Morgan fingerprint density at radius 3 is 2.95 bits per heavy atom. The number of hydrogen-bond donors (Lipinski definition) is 0. The first-order valence-corrected chi connectivity index (χ1v) is 7.83. The van der Waals surface area contributed by atoms with E-state index < -0.39 is 0 Å². The highest BCUT2D eigenvalue weighted by atomic mass is 79.9. The minimum atomic E-state index is -0.306. The van der Waals surface area contributed by atoms with Crippen LogP contribution in [0.15, 0.2) is 28.7 Å². The van der Waals surface area contributed by atoms with Gasteiger partial charge in [-0.2, -0.15) is 0 Å². The molecule has 4 heteroatoms. The number of fused-ring (bicyclic) bond motifs is 1. The summed E-state index contributed by atoms with van der Waals surface area (Å²) in [5.74, 6) is -0.231. The summed E-state index contributed by atoms with van der Waals surface area (Å²) >= 11 is 4.96. The zero-order valence-electron chi connectivity index (χ0n) is 10.2. The molecule has 2 aromatic rings. The quantitative estimate of drug-likeness (QED) is 0.749. The van der Waals surface area contributed by atoms with E-state index in [-0.39, 0.29) is 18.0 Å². The fourth-order valence-electron chi connectivity index (χ4n) is 2.41. The molecule has 0 radical (unpaired) electrons. The van der Waals surface area contributed by atoms with Gasteiger partial charge in [0.05, 0.1) is 4.88 Å². The van der Waals surface area contributed by atoms with Crippen LogP contribution in [-0.2, 0) is 19.3 Å². The van der Waals surface area contributed by atoms with E-state index in [2.05, 4.69) is 15.9 Å². The minimum absolute atomic E-state index is 0.0747. The third-order valence-corrected chi connectivity index (χ3v) is 5.43. The van der Waals surface area contributed by atoms with Crippen LogP contribution >= 0.6 is 27.3 Å². The molecule has 19 heavy (non-hydrogen) atoms. The van der Waals surface area contributed by atoms with Crippen molar-refractivity contribution in [3.05, 3.63) is 55.4 Å². The summed E-state index contributed by atoms with van der Waals surface area (Å²) in [5.41, 5.74) is 2.03. The van der Waals surface area contributed by atoms with Crippen LogP contribution in [0.1, 0.15) is 32.1 Å². The molecule has 0 saturated carbocycles. The molecule has 3 rings (SSSR count). The molecule has 1 aromatic carbocycles. The molecule has 0 bridgehead atoms. The fraction of sp³-hybridized carbons (Fsp3) is 0.267. The van der Waals surface area contributed by atoms with Gasteiger partial charge < -0.3 is 0 Å². The molecule has 1 aromatic heterocycles. The van der Waals surface area contributed by atoms with Crippen molar-refractivity contribution >= 4 is 33.0 Å². The number of aryl methyl sites for hydroxylation is 2. The molecule has 0 amide bonds. The maximum absolute atomic E-state index is 13.2. The molecular formula is C15H12BrFOS. The van der Waals surface area contributed by atoms with Gasteiger partial charge in [0.2, 0.25) is 0 Å². The van der Waals surface area contributed by atoms with Crippen LogP contribution in [0.3, 0.4) is 0 Å².